The van der Waals surface area contributed by atoms with E-state index in [1.54, 1.807) is 0 Å². The Balaban J connectivity index is 2.00. The fraction of sp³-hybridized carbons (Fsp3) is 0.130. The first-order chi connectivity index (χ1) is 12.1. The Hall–Kier alpha value is -2.51. The maximum Gasteiger partial charge on any atom is 0.139 e. The Morgan fingerprint density at radius 2 is 1.36 bits per heavy atom. The molecule has 0 aliphatic carbocycles. The molecule has 1 nitrogen and oxygen atoms in total. The van der Waals surface area contributed by atoms with E-state index >= 15 is 0 Å². The van der Waals surface area contributed by atoms with Gasteiger partial charge in [0.15, 0.2) is 0 Å². The smallest absolute Gasteiger partial charge is 0.139 e. The molecule has 4 aromatic rings. The van der Waals surface area contributed by atoms with Gasteiger partial charge in [-0.05, 0) is 34.4 Å². The largest absolute Gasteiger partial charge is 0.456 e. The van der Waals surface area contributed by atoms with Gasteiger partial charge in [-0.1, -0.05) is 74.0 Å². The molecule has 1 aliphatic rings. The lowest BCUT2D eigenvalue weighted by atomic mass is 9.73. The molecule has 0 fully saturated rings. The molecule has 0 amide bonds. The fourth-order valence-electron chi connectivity index (χ4n) is 4.16. The summed E-state index contributed by atoms with van der Waals surface area (Å²) in [6.45, 7) is 4.51. The molecule has 122 valence electrons. The van der Waals surface area contributed by atoms with Crippen LogP contribution in [0.1, 0.15) is 25.0 Å². The van der Waals surface area contributed by atoms with Crippen LogP contribution in [0.5, 0.6) is 11.5 Å². The summed E-state index contributed by atoms with van der Waals surface area (Å²) < 4.78 is 6.43. The molecule has 0 saturated carbocycles. The Bertz CT molecular complexity index is 1160. The minimum absolute atomic E-state index is 0.197. The first-order valence-corrected chi connectivity index (χ1v) is 8.87. The van der Waals surface area contributed by atoms with E-state index in [2.05, 4.69) is 62.4 Å². The van der Waals surface area contributed by atoms with E-state index in [-0.39, 0.29) is 5.41 Å². The molecule has 4 aromatic carbocycles. The summed E-state index contributed by atoms with van der Waals surface area (Å²) >= 11 is 6.29. The second-order valence-corrected chi connectivity index (χ2v) is 7.60. The number of hydrogen-bond donors (Lipinski definition) is 0. The van der Waals surface area contributed by atoms with Crippen molar-refractivity contribution in [3.05, 3.63) is 82.9 Å². The molecule has 1 aliphatic heterocycles. The van der Waals surface area contributed by atoms with Gasteiger partial charge >= 0.3 is 0 Å². The Morgan fingerprint density at radius 3 is 2.08 bits per heavy atom. The van der Waals surface area contributed by atoms with E-state index in [0.29, 0.717) is 0 Å². The first kappa shape index (κ1) is 14.8. The zero-order chi connectivity index (χ0) is 17.2. The average Bonchev–Trinajstić information content (AvgIpc) is 2.62. The summed E-state index contributed by atoms with van der Waals surface area (Å²) in [5.74, 6) is 1.86. The summed E-state index contributed by atoms with van der Waals surface area (Å²) in [7, 11) is 0. The maximum absolute atomic E-state index is 6.43. The third kappa shape index (κ3) is 1.96. The predicted molar refractivity (Wildman–Crippen MR) is 105 cm³/mol. The van der Waals surface area contributed by atoms with Crippen molar-refractivity contribution in [1.29, 1.82) is 0 Å². The lowest BCUT2D eigenvalue weighted by Gasteiger charge is -2.36. The normalized spacial score (nSPS) is 14.8. The molecule has 0 N–H and O–H groups in total. The standard InChI is InChI=1S/C23H17ClO/c1-23(2)19-13-14(24)11-12-20(19)25-22-18-10-6-4-8-16(18)15-7-3-5-9-17(15)21(22)23/h3-13H,1-2H3. The Kier molecular flexibility index (Phi) is 2.96. The molecule has 0 atom stereocenters. The van der Waals surface area contributed by atoms with Crippen molar-refractivity contribution in [2.75, 3.05) is 0 Å². The quantitative estimate of drug-likeness (QED) is 0.310. The zero-order valence-corrected chi connectivity index (χ0v) is 14.9. The first-order valence-electron chi connectivity index (χ1n) is 8.49. The van der Waals surface area contributed by atoms with Crippen molar-refractivity contribution in [2.45, 2.75) is 19.3 Å². The second kappa shape index (κ2) is 5.00. The van der Waals surface area contributed by atoms with Crippen LogP contribution in [0.3, 0.4) is 0 Å². The van der Waals surface area contributed by atoms with Crippen molar-refractivity contribution >= 4 is 33.1 Å². The van der Waals surface area contributed by atoms with E-state index in [1.165, 1.54) is 21.7 Å². The highest BCUT2D eigenvalue weighted by atomic mass is 35.5. The van der Waals surface area contributed by atoms with E-state index in [4.69, 9.17) is 16.3 Å². The lowest BCUT2D eigenvalue weighted by molar-refractivity contribution is 0.425. The lowest BCUT2D eigenvalue weighted by Crippen LogP contribution is -2.25. The predicted octanol–water partition coefficient (Wildman–Crippen LogP) is 7.08. The van der Waals surface area contributed by atoms with Crippen LogP contribution in [0.4, 0.5) is 0 Å². The van der Waals surface area contributed by atoms with Crippen LogP contribution < -0.4 is 4.74 Å². The van der Waals surface area contributed by atoms with Crippen molar-refractivity contribution in [3.8, 4) is 11.5 Å². The molecular formula is C23H17ClO. The number of halogens is 1. The third-order valence-corrected chi connectivity index (χ3v) is 5.57. The molecule has 0 radical (unpaired) electrons. The molecule has 0 unspecified atom stereocenters. The van der Waals surface area contributed by atoms with Crippen LogP contribution in [0.25, 0.3) is 21.5 Å². The van der Waals surface area contributed by atoms with Gasteiger partial charge in [-0.3, -0.25) is 0 Å². The summed E-state index contributed by atoms with van der Waals surface area (Å²) in [6.07, 6.45) is 0. The van der Waals surface area contributed by atoms with Gasteiger partial charge in [0, 0.05) is 27.0 Å². The molecule has 0 saturated heterocycles. The van der Waals surface area contributed by atoms with Gasteiger partial charge in [0.25, 0.3) is 0 Å². The Labute approximate surface area is 151 Å². The SMILES string of the molecule is CC1(C)c2cc(Cl)ccc2Oc2c1c1ccccc1c1ccccc21. The summed E-state index contributed by atoms with van der Waals surface area (Å²) in [6, 6.07) is 23.0. The number of ether oxygens (including phenoxy) is 1. The number of hydrogen-bond acceptors (Lipinski definition) is 1. The van der Waals surface area contributed by atoms with E-state index in [1.807, 2.05) is 18.2 Å². The highest BCUT2D eigenvalue weighted by molar-refractivity contribution is 6.30. The van der Waals surface area contributed by atoms with Crippen molar-refractivity contribution in [1.82, 2.24) is 0 Å². The molecule has 5 rings (SSSR count). The molecule has 0 spiro atoms. The summed E-state index contributed by atoms with van der Waals surface area (Å²) in [5, 5.41) is 5.63. The van der Waals surface area contributed by atoms with Gasteiger partial charge < -0.3 is 4.74 Å². The van der Waals surface area contributed by atoms with Crippen LogP contribution in [0.15, 0.2) is 66.7 Å². The van der Waals surface area contributed by atoms with Crippen molar-refractivity contribution in [3.63, 3.8) is 0 Å². The fourth-order valence-corrected chi connectivity index (χ4v) is 4.33. The maximum atomic E-state index is 6.43. The van der Waals surface area contributed by atoms with Crippen molar-refractivity contribution in [2.24, 2.45) is 0 Å². The number of benzene rings is 4. The van der Waals surface area contributed by atoms with Crippen LogP contribution in [0.2, 0.25) is 5.02 Å². The van der Waals surface area contributed by atoms with Gasteiger partial charge in [0.1, 0.15) is 11.5 Å². The second-order valence-electron chi connectivity index (χ2n) is 7.16. The molecule has 2 heteroatoms. The van der Waals surface area contributed by atoms with Crippen LogP contribution in [0, 0.1) is 0 Å². The van der Waals surface area contributed by atoms with Crippen LogP contribution in [-0.2, 0) is 5.41 Å². The van der Waals surface area contributed by atoms with Crippen molar-refractivity contribution < 1.29 is 4.74 Å². The average molecular weight is 345 g/mol. The van der Waals surface area contributed by atoms with Gasteiger partial charge in [0.05, 0.1) is 0 Å². The van der Waals surface area contributed by atoms with Gasteiger partial charge in [-0.15, -0.1) is 0 Å². The third-order valence-electron chi connectivity index (χ3n) is 5.34. The molecule has 1 heterocycles. The summed E-state index contributed by atoms with van der Waals surface area (Å²) in [4.78, 5) is 0. The Morgan fingerprint density at radius 1 is 0.760 bits per heavy atom. The van der Waals surface area contributed by atoms with Gasteiger partial charge in [0.2, 0.25) is 0 Å². The highest BCUT2D eigenvalue weighted by Gasteiger charge is 2.37. The number of fused-ring (bicyclic) bond motifs is 7. The topological polar surface area (TPSA) is 9.23 Å². The van der Waals surface area contributed by atoms with Crippen LogP contribution >= 0.6 is 11.6 Å². The summed E-state index contributed by atoms with van der Waals surface area (Å²) in [5.41, 5.74) is 2.17. The molecular weight excluding hydrogens is 328 g/mol. The van der Waals surface area contributed by atoms with Crippen LogP contribution in [-0.4, -0.2) is 0 Å². The molecule has 25 heavy (non-hydrogen) atoms. The van der Waals surface area contributed by atoms with Gasteiger partial charge in [-0.2, -0.15) is 0 Å². The molecule has 0 aromatic heterocycles. The van der Waals surface area contributed by atoms with E-state index in [9.17, 15) is 0 Å². The monoisotopic (exact) mass is 344 g/mol. The molecule has 0 bridgehead atoms. The number of rotatable bonds is 0. The minimum atomic E-state index is -0.197. The highest BCUT2D eigenvalue weighted by Crippen LogP contribution is 2.53. The zero-order valence-electron chi connectivity index (χ0n) is 14.1. The van der Waals surface area contributed by atoms with Gasteiger partial charge in [-0.25, -0.2) is 0 Å². The minimum Gasteiger partial charge on any atom is -0.456 e. The van der Waals surface area contributed by atoms with E-state index in [0.717, 1.165) is 27.5 Å². The van der Waals surface area contributed by atoms with E-state index < -0.39 is 0 Å².